The molecule has 2 amide bonds. The number of carbonyl (C=O) groups is 1. The molecule has 0 radical (unpaired) electrons. The minimum atomic E-state index is -0.315. The molecular weight excluding hydrogens is 318 g/mol. The average Bonchev–Trinajstić information content (AvgIpc) is 2.55. The second kappa shape index (κ2) is 7.22. The standard InChI is InChI=1S/C19H29N3O3/c1-14-11-16(21-7-9-24-10-8-21)5-6-17(14)20-18(23)22-12-15(2)25-19(3,4)13-22/h5-6,11,15H,7-10,12-13H2,1-4H3,(H,20,23). The van der Waals surface area contributed by atoms with Gasteiger partial charge in [-0.1, -0.05) is 0 Å². The fraction of sp³-hybridized carbons (Fsp3) is 0.632. The van der Waals surface area contributed by atoms with Gasteiger partial charge in [0.05, 0.1) is 31.5 Å². The van der Waals surface area contributed by atoms with Gasteiger partial charge >= 0.3 is 6.03 Å². The van der Waals surface area contributed by atoms with Gasteiger partial charge in [0, 0.05) is 31.0 Å². The first-order valence-corrected chi connectivity index (χ1v) is 9.01. The lowest BCUT2D eigenvalue weighted by molar-refractivity contribution is -0.116. The lowest BCUT2D eigenvalue weighted by atomic mass is 10.1. The normalized spacial score (nSPS) is 23.4. The lowest BCUT2D eigenvalue weighted by Crippen LogP contribution is -2.54. The number of anilines is 2. The summed E-state index contributed by atoms with van der Waals surface area (Å²) in [5, 5.41) is 3.06. The van der Waals surface area contributed by atoms with Crippen molar-refractivity contribution >= 4 is 17.4 Å². The van der Waals surface area contributed by atoms with E-state index in [1.54, 1.807) is 0 Å². The van der Waals surface area contributed by atoms with E-state index in [4.69, 9.17) is 9.47 Å². The van der Waals surface area contributed by atoms with Crippen molar-refractivity contribution in [3.05, 3.63) is 23.8 Å². The van der Waals surface area contributed by atoms with Crippen LogP contribution in [0.2, 0.25) is 0 Å². The summed E-state index contributed by atoms with van der Waals surface area (Å²) in [6.07, 6.45) is 0.0410. The number of carbonyl (C=O) groups excluding carboxylic acids is 1. The number of urea groups is 1. The van der Waals surface area contributed by atoms with Crippen LogP contribution in [0.3, 0.4) is 0 Å². The third-order valence-electron chi connectivity index (χ3n) is 4.68. The first-order valence-electron chi connectivity index (χ1n) is 9.01. The Labute approximate surface area is 150 Å². The summed E-state index contributed by atoms with van der Waals surface area (Å²) >= 11 is 0. The number of rotatable bonds is 2. The van der Waals surface area contributed by atoms with Crippen LogP contribution < -0.4 is 10.2 Å². The number of hydrogen-bond acceptors (Lipinski definition) is 4. The summed E-state index contributed by atoms with van der Waals surface area (Å²) in [4.78, 5) is 16.8. The zero-order valence-electron chi connectivity index (χ0n) is 15.7. The van der Waals surface area contributed by atoms with E-state index in [2.05, 4.69) is 22.3 Å². The largest absolute Gasteiger partial charge is 0.378 e. The molecule has 0 saturated carbocycles. The number of morpholine rings is 2. The molecule has 1 aromatic carbocycles. The highest BCUT2D eigenvalue weighted by molar-refractivity contribution is 5.90. The Hall–Kier alpha value is -1.79. The summed E-state index contributed by atoms with van der Waals surface area (Å²) in [6.45, 7) is 12.6. The molecular formula is C19H29N3O3. The van der Waals surface area contributed by atoms with Gasteiger partial charge in [0.25, 0.3) is 0 Å². The zero-order valence-corrected chi connectivity index (χ0v) is 15.7. The highest BCUT2D eigenvalue weighted by atomic mass is 16.5. The molecule has 1 N–H and O–H groups in total. The van der Waals surface area contributed by atoms with Gasteiger partial charge in [0.2, 0.25) is 0 Å². The Balaban J connectivity index is 1.67. The maximum absolute atomic E-state index is 12.7. The molecule has 6 heteroatoms. The monoisotopic (exact) mass is 347 g/mol. The van der Waals surface area contributed by atoms with Crippen LogP contribution in [0.25, 0.3) is 0 Å². The summed E-state index contributed by atoms with van der Waals surface area (Å²) in [5.41, 5.74) is 2.79. The third-order valence-corrected chi connectivity index (χ3v) is 4.68. The van der Waals surface area contributed by atoms with E-state index >= 15 is 0 Å². The molecule has 3 rings (SSSR count). The predicted octanol–water partition coefficient (Wildman–Crippen LogP) is 2.86. The van der Waals surface area contributed by atoms with Crippen molar-refractivity contribution in [1.29, 1.82) is 0 Å². The zero-order chi connectivity index (χ0) is 18.0. The van der Waals surface area contributed by atoms with Gasteiger partial charge in [-0.2, -0.15) is 0 Å². The van der Waals surface area contributed by atoms with Crippen LogP contribution in [0.15, 0.2) is 18.2 Å². The van der Waals surface area contributed by atoms with Crippen molar-refractivity contribution in [2.24, 2.45) is 0 Å². The summed E-state index contributed by atoms with van der Waals surface area (Å²) < 4.78 is 11.3. The summed E-state index contributed by atoms with van der Waals surface area (Å²) in [6, 6.07) is 6.13. The van der Waals surface area contributed by atoms with Gasteiger partial charge < -0.3 is 24.6 Å². The minimum Gasteiger partial charge on any atom is -0.378 e. The topological polar surface area (TPSA) is 54.0 Å². The second-order valence-electron chi connectivity index (χ2n) is 7.60. The number of hydrogen-bond donors (Lipinski definition) is 1. The van der Waals surface area contributed by atoms with Gasteiger partial charge in [-0.25, -0.2) is 4.79 Å². The van der Waals surface area contributed by atoms with Crippen LogP contribution in [-0.2, 0) is 9.47 Å². The maximum Gasteiger partial charge on any atom is 0.322 e. The number of amides is 2. The number of nitrogens with zero attached hydrogens (tertiary/aromatic N) is 2. The van der Waals surface area contributed by atoms with Crippen molar-refractivity contribution < 1.29 is 14.3 Å². The lowest BCUT2D eigenvalue weighted by Gasteiger charge is -2.41. The van der Waals surface area contributed by atoms with Crippen molar-refractivity contribution in [1.82, 2.24) is 4.90 Å². The van der Waals surface area contributed by atoms with E-state index in [1.165, 1.54) is 5.69 Å². The van der Waals surface area contributed by atoms with Gasteiger partial charge in [-0.3, -0.25) is 0 Å². The van der Waals surface area contributed by atoms with Gasteiger partial charge in [0.15, 0.2) is 0 Å². The Morgan fingerprint density at radius 2 is 2.00 bits per heavy atom. The van der Waals surface area contributed by atoms with E-state index in [0.717, 1.165) is 37.6 Å². The second-order valence-corrected chi connectivity index (χ2v) is 7.60. The van der Waals surface area contributed by atoms with E-state index < -0.39 is 0 Å². The molecule has 138 valence electrons. The molecule has 0 spiro atoms. The van der Waals surface area contributed by atoms with Gasteiger partial charge in [0.1, 0.15) is 0 Å². The maximum atomic E-state index is 12.7. The molecule has 2 aliphatic rings. The van der Waals surface area contributed by atoms with Crippen molar-refractivity contribution in [3.8, 4) is 0 Å². The van der Waals surface area contributed by atoms with E-state index in [-0.39, 0.29) is 17.7 Å². The molecule has 1 unspecified atom stereocenters. The summed E-state index contributed by atoms with van der Waals surface area (Å²) in [5.74, 6) is 0. The molecule has 0 aromatic heterocycles. The van der Waals surface area contributed by atoms with Crippen molar-refractivity contribution in [2.75, 3.05) is 49.6 Å². The van der Waals surface area contributed by atoms with Crippen LogP contribution in [0.1, 0.15) is 26.3 Å². The number of aryl methyl sites for hydroxylation is 1. The Morgan fingerprint density at radius 1 is 1.28 bits per heavy atom. The highest BCUT2D eigenvalue weighted by Gasteiger charge is 2.33. The fourth-order valence-corrected chi connectivity index (χ4v) is 3.61. The molecule has 25 heavy (non-hydrogen) atoms. The van der Waals surface area contributed by atoms with Gasteiger partial charge in [-0.05, 0) is 51.5 Å². The molecule has 2 saturated heterocycles. The van der Waals surface area contributed by atoms with Gasteiger partial charge in [-0.15, -0.1) is 0 Å². The number of nitrogens with one attached hydrogen (secondary N) is 1. The summed E-state index contributed by atoms with van der Waals surface area (Å²) in [7, 11) is 0. The first kappa shape index (κ1) is 18.0. The SMILES string of the molecule is Cc1cc(N2CCOCC2)ccc1NC(=O)N1CC(C)OC(C)(C)C1. The molecule has 0 bridgehead atoms. The van der Waals surface area contributed by atoms with Crippen molar-refractivity contribution in [3.63, 3.8) is 0 Å². The smallest absolute Gasteiger partial charge is 0.322 e. The van der Waals surface area contributed by atoms with Crippen LogP contribution in [-0.4, -0.2) is 62.0 Å². The fourth-order valence-electron chi connectivity index (χ4n) is 3.61. The molecule has 2 aliphatic heterocycles. The molecule has 0 aliphatic carbocycles. The highest BCUT2D eigenvalue weighted by Crippen LogP contribution is 2.25. The van der Waals surface area contributed by atoms with Crippen molar-refractivity contribution in [2.45, 2.75) is 39.4 Å². The van der Waals surface area contributed by atoms with E-state index in [9.17, 15) is 4.79 Å². The van der Waals surface area contributed by atoms with E-state index in [1.807, 2.05) is 38.7 Å². The van der Waals surface area contributed by atoms with Crippen LogP contribution in [0.5, 0.6) is 0 Å². The third kappa shape index (κ3) is 4.44. The predicted molar refractivity (Wildman–Crippen MR) is 99.4 cm³/mol. The van der Waals surface area contributed by atoms with Crippen LogP contribution >= 0.6 is 0 Å². The van der Waals surface area contributed by atoms with Crippen LogP contribution in [0.4, 0.5) is 16.2 Å². The first-order chi connectivity index (χ1) is 11.8. The molecule has 1 aromatic rings. The molecule has 1 atom stereocenters. The van der Waals surface area contributed by atoms with E-state index in [0.29, 0.717) is 13.1 Å². The Morgan fingerprint density at radius 3 is 2.64 bits per heavy atom. The minimum absolute atomic E-state index is 0.0410. The molecule has 6 nitrogen and oxygen atoms in total. The average molecular weight is 347 g/mol. The quantitative estimate of drug-likeness (QED) is 0.894. The molecule has 2 heterocycles. The number of benzene rings is 1. The van der Waals surface area contributed by atoms with Crippen LogP contribution in [0, 0.1) is 6.92 Å². The Kier molecular flexibility index (Phi) is 5.20. The molecule has 2 fully saturated rings. The Bertz CT molecular complexity index is 626. The number of ether oxygens (including phenoxy) is 2.